The van der Waals surface area contributed by atoms with Gasteiger partial charge in [-0.25, -0.2) is 9.97 Å². The zero-order valence-electron chi connectivity index (χ0n) is 25.7. The van der Waals surface area contributed by atoms with Gasteiger partial charge in [0.1, 0.15) is 0 Å². The normalized spacial score (nSPS) is 11.8. The predicted octanol–water partition coefficient (Wildman–Crippen LogP) is 10.0. The smallest absolute Gasteiger partial charge is 0.263 e. The Morgan fingerprint density at radius 1 is 0.438 bits per heavy atom. The number of rotatable bonds is 3. The Morgan fingerprint density at radius 3 is 1.92 bits per heavy atom. The molecule has 0 radical (unpaired) electrons. The second-order valence-corrected chi connectivity index (χ2v) is 12.2. The zero-order valence-corrected chi connectivity index (χ0v) is 25.7. The van der Waals surface area contributed by atoms with Crippen molar-refractivity contribution in [1.29, 1.82) is 0 Å². The van der Waals surface area contributed by atoms with E-state index in [0.29, 0.717) is 11.3 Å². The van der Waals surface area contributed by atoms with E-state index < -0.39 is 0 Å². The third-order valence-electron chi connectivity index (χ3n) is 9.51. The minimum Gasteiger partial charge on any atom is -0.278 e. The van der Waals surface area contributed by atoms with E-state index in [2.05, 4.69) is 77.4 Å². The SMILES string of the molecule is O=c1c2ccccc2c2cc3ccc4c(c3cc2n1-c1ccccc1)c1ccccc1n4-c1nc(-c2ccccc2)c2ccccc2n1. The van der Waals surface area contributed by atoms with E-state index in [1.54, 1.807) is 0 Å². The Balaban J connectivity index is 1.35. The molecule has 48 heavy (non-hydrogen) atoms. The lowest BCUT2D eigenvalue weighted by atomic mass is 9.98. The fourth-order valence-electron chi connectivity index (χ4n) is 7.39. The summed E-state index contributed by atoms with van der Waals surface area (Å²) in [7, 11) is 0. The van der Waals surface area contributed by atoms with Gasteiger partial charge in [0.15, 0.2) is 0 Å². The second kappa shape index (κ2) is 10.2. The van der Waals surface area contributed by atoms with E-state index in [1.165, 1.54) is 0 Å². The van der Waals surface area contributed by atoms with Crippen molar-refractivity contribution in [2.45, 2.75) is 0 Å². The average molecular weight is 615 g/mol. The van der Waals surface area contributed by atoms with Gasteiger partial charge in [-0.15, -0.1) is 0 Å². The third kappa shape index (κ3) is 3.82. The Hall–Kier alpha value is -6.59. The summed E-state index contributed by atoms with van der Waals surface area (Å²) in [5, 5.41) is 8.07. The molecule has 5 heteroatoms. The predicted molar refractivity (Wildman–Crippen MR) is 197 cm³/mol. The Bertz CT molecular complexity index is 2960. The first-order valence-corrected chi connectivity index (χ1v) is 16.1. The van der Waals surface area contributed by atoms with Crippen LogP contribution in [0.5, 0.6) is 0 Å². The molecular weight excluding hydrogens is 589 g/mol. The number of pyridine rings is 1. The molecule has 3 aromatic heterocycles. The van der Waals surface area contributed by atoms with Crippen LogP contribution in [0.15, 0.2) is 163 Å². The van der Waals surface area contributed by atoms with Crippen molar-refractivity contribution < 1.29 is 0 Å². The molecule has 0 N–H and O–H groups in total. The van der Waals surface area contributed by atoms with Crippen LogP contribution in [0.1, 0.15) is 0 Å². The minimum absolute atomic E-state index is 0.0312. The molecule has 10 aromatic rings. The molecule has 0 saturated heterocycles. The van der Waals surface area contributed by atoms with Crippen LogP contribution >= 0.6 is 0 Å². The summed E-state index contributed by atoms with van der Waals surface area (Å²) in [6.07, 6.45) is 0. The fourth-order valence-corrected chi connectivity index (χ4v) is 7.39. The lowest BCUT2D eigenvalue weighted by Crippen LogP contribution is -2.19. The van der Waals surface area contributed by atoms with Crippen molar-refractivity contribution in [3.63, 3.8) is 0 Å². The van der Waals surface area contributed by atoms with E-state index in [-0.39, 0.29) is 5.56 Å². The first-order chi connectivity index (χ1) is 23.7. The molecule has 224 valence electrons. The summed E-state index contributed by atoms with van der Waals surface area (Å²) in [5.41, 5.74) is 6.53. The van der Waals surface area contributed by atoms with Crippen LogP contribution in [0.3, 0.4) is 0 Å². The van der Waals surface area contributed by atoms with Gasteiger partial charge < -0.3 is 0 Å². The van der Waals surface area contributed by atoms with Gasteiger partial charge in [0.25, 0.3) is 5.56 Å². The minimum atomic E-state index is -0.0312. The highest BCUT2D eigenvalue weighted by atomic mass is 16.1. The zero-order chi connectivity index (χ0) is 31.8. The van der Waals surface area contributed by atoms with Crippen molar-refractivity contribution in [2.75, 3.05) is 0 Å². The maximum atomic E-state index is 14.1. The van der Waals surface area contributed by atoms with Crippen LogP contribution in [-0.4, -0.2) is 19.1 Å². The van der Waals surface area contributed by atoms with Gasteiger partial charge in [-0.2, -0.15) is 0 Å². The molecular formula is C43H26N4O. The fraction of sp³-hybridized carbons (Fsp3) is 0. The number of para-hydroxylation sites is 3. The molecule has 5 nitrogen and oxygen atoms in total. The summed E-state index contributed by atoms with van der Waals surface area (Å²) in [4.78, 5) is 24.5. The molecule has 0 bridgehead atoms. The summed E-state index contributed by atoms with van der Waals surface area (Å²) < 4.78 is 4.03. The monoisotopic (exact) mass is 614 g/mol. The lowest BCUT2D eigenvalue weighted by molar-refractivity contribution is 1.01. The topological polar surface area (TPSA) is 52.7 Å². The van der Waals surface area contributed by atoms with Crippen LogP contribution in [0.4, 0.5) is 0 Å². The summed E-state index contributed by atoms with van der Waals surface area (Å²) >= 11 is 0. The van der Waals surface area contributed by atoms with Crippen molar-refractivity contribution in [2.24, 2.45) is 0 Å². The van der Waals surface area contributed by atoms with Crippen molar-refractivity contribution >= 4 is 65.2 Å². The quantitative estimate of drug-likeness (QED) is 0.147. The molecule has 3 heterocycles. The van der Waals surface area contributed by atoms with Crippen LogP contribution in [0, 0.1) is 0 Å². The van der Waals surface area contributed by atoms with Crippen molar-refractivity contribution in [3.05, 3.63) is 168 Å². The van der Waals surface area contributed by atoms with Gasteiger partial charge >= 0.3 is 0 Å². The van der Waals surface area contributed by atoms with Crippen molar-refractivity contribution in [3.8, 4) is 22.9 Å². The molecule has 7 aromatic carbocycles. The molecule has 0 aliphatic carbocycles. The summed E-state index contributed by atoms with van der Waals surface area (Å²) in [6, 6.07) is 53.5. The average Bonchev–Trinajstić information content (AvgIpc) is 3.49. The molecule has 0 fully saturated rings. The van der Waals surface area contributed by atoms with Gasteiger partial charge in [-0.1, -0.05) is 109 Å². The number of nitrogens with zero attached hydrogens (tertiary/aromatic N) is 4. The number of benzene rings is 7. The molecule has 0 saturated carbocycles. The van der Waals surface area contributed by atoms with Crippen LogP contribution in [0.25, 0.3) is 88.0 Å². The van der Waals surface area contributed by atoms with Crippen LogP contribution < -0.4 is 5.56 Å². The van der Waals surface area contributed by atoms with Crippen LogP contribution in [-0.2, 0) is 0 Å². The molecule has 0 aliphatic rings. The van der Waals surface area contributed by atoms with Gasteiger partial charge in [0.05, 0.1) is 27.8 Å². The maximum Gasteiger partial charge on any atom is 0.263 e. The molecule has 0 unspecified atom stereocenters. The van der Waals surface area contributed by atoms with Gasteiger partial charge in [0.2, 0.25) is 5.95 Å². The highest BCUT2D eigenvalue weighted by Gasteiger charge is 2.20. The first kappa shape index (κ1) is 26.6. The lowest BCUT2D eigenvalue weighted by Gasteiger charge is -2.15. The first-order valence-electron chi connectivity index (χ1n) is 16.1. The standard InChI is InChI=1S/C43H26N4O/c48-42-31-18-8-7-17-30(31)35-25-28-23-24-38-40(34(28)26-39(35)46(42)29-15-5-2-6-16-29)33-20-10-12-22-37(33)47(38)43-44-36-21-11-9-19-32(36)41(45-43)27-13-3-1-4-14-27/h1-26H. The Morgan fingerprint density at radius 2 is 1.10 bits per heavy atom. The van der Waals surface area contributed by atoms with E-state index >= 15 is 0 Å². The molecule has 0 spiro atoms. The van der Waals surface area contributed by atoms with E-state index in [4.69, 9.17) is 9.97 Å². The highest BCUT2D eigenvalue weighted by Crippen LogP contribution is 2.39. The highest BCUT2D eigenvalue weighted by molar-refractivity contribution is 6.24. The number of fused-ring (bicyclic) bond motifs is 9. The third-order valence-corrected chi connectivity index (χ3v) is 9.51. The molecule has 0 aliphatic heterocycles. The Kier molecular flexibility index (Phi) is 5.66. The number of hydrogen-bond acceptors (Lipinski definition) is 3. The van der Waals surface area contributed by atoms with E-state index in [1.807, 2.05) is 89.5 Å². The number of aromatic nitrogens is 4. The van der Waals surface area contributed by atoms with Crippen LogP contribution in [0.2, 0.25) is 0 Å². The second-order valence-electron chi connectivity index (χ2n) is 12.2. The molecule has 10 rings (SSSR count). The number of hydrogen-bond donors (Lipinski definition) is 0. The molecule has 0 atom stereocenters. The van der Waals surface area contributed by atoms with E-state index in [0.717, 1.165) is 76.7 Å². The maximum absolute atomic E-state index is 14.1. The van der Waals surface area contributed by atoms with E-state index in [9.17, 15) is 4.79 Å². The molecule has 0 amide bonds. The van der Waals surface area contributed by atoms with Gasteiger partial charge in [0, 0.05) is 38.2 Å². The summed E-state index contributed by atoms with van der Waals surface area (Å²) in [6.45, 7) is 0. The largest absolute Gasteiger partial charge is 0.278 e. The van der Waals surface area contributed by atoms with Gasteiger partial charge in [-0.3, -0.25) is 13.9 Å². The Labute approximate surface area is 274 Å². The summed E-state index contributed by atoms with van der Waals surface area (Å²) in [5.74, 6) is 0.617. The van der Waals surface area contributed by atoms with Crippen molar-refractivity contribution in [1.82, 2.24) is 19.1 Å². The van der Waals surface area contributed by atoms with Gasteiger partial charge in [-0.05, 0) is 64.7 Å².